The van der Waals surface area contributed by atoms with E-state index in [1.54, 1.807) is 0 Å². The van der Waals surface area contributed by atoms with Crippen LogP contribution in [0.2, 0.25) is 0 Å². The van der Waals surface area contributed by atoms with Crippen molar-refractivity contribution in [3.8, 4) is 11.1 Å². The monoisotopic (exact) mass is 375 g/mol. The van der Waals surface area contributed by atoms with Gasteiger partial charge < -0.3 is 4.90 Å². The van der Waals surface area contributed by atoms with Gasteiger partial charge in [0.2, 0.25) is 5.91 Å². The first kappa shape index (κ1) is 17.4. The van der Waals surface area contributed by atoms with Gasteiger partial charge in [-0.2, -0.15) is 0 Å². The Hall–Kier alpha value is -2.73. The van der Waals surface area contributed by atoms with Crippen LogP contribution in [0.1, 0.15) is 30.1 Å². The number of aromatic nitrogens is 3. The van der Waals surface area contributed by atoms with Crippen LogP contribution in [0, 0.1) is 12.8 Å². The molecule has 144 valence electrons. The first-order chi connectivity index (χ1) is 13.6. The van der Waals surface area contributed by atoms with E-state index in [4.69, 9.17) is 0 Å². The third-order valence-electron chi connectivity index (χ3n) is 6.03. The summed E-state index contributed by atoms with van der Waals surface area (Å²) in [6.07, 6.45) is 4.13. The van der Waals surface area contributed by atoms with Gasteiger partial charge in [0.15, 0.2) is 0 Å². The Labute approximate surface area is 164 Å². The van der Waals surface area contributed by atoms with Gasteiger partial charge in [0.1, 0.15) is 5.69 Å². The van der Waals surface area contributed by atoms with Gasteiger partial charge in [0, 0.05) is 37.3 Å². The van der Waals surface area contributed by atoms with E-state index in [9.17, 15) is 4.79 Å². The zero-order valence-corrected chi connectivity index (χ0v) is 16.4. The molecule has 1 aromatic carbocycles. The minimum atomic E-state index is 0.0826. The van der Waals surface area contributed by atoms with Crippen molar-refractivity contribution in [3.05, 3.63) is 53.9 Å². The fourth-order valence-corrected chi connectivity index (χ4v) is 4.03. The van der Waals surface area contributed by atoms with Gasteiger partial charge in [0.05, 0.1) is 11.6 Å². The van der Waals surface area contributed by atoms with E-state index in [1.807, 2.05) is 15.6 Å². The van der Waals surface area contributed by atoms with Crippen molar-refractivity contribution >= 4 is 11.4 Å². The molecule has 2 aliphatic rings. The number of benzene rings is 1. The van der Waals surface area contributed by atoms with Crippen LogP contribution >= 0.6 is 0 Å². The van der Waals surface area contributed by atoms with Gasteiger partial charge in [-0.25, -0.2) is 4.52 Å². The molecule has 1 saturated heterocycles. The van der Waals surface area contributed by atoms with Gasteiger partial charge in [-0.15, -0.1) is 5.10 Å². The van der Waals surface area contributed by atoms with E-state index in [-0.39, 0.29) is 12.0 Å². The van der Waals surface area contributed by atoms with Gasteiger partial charge in [0.25, 0.3) is 0 Å². The number of pyridine rings is 1. The fourth-order valence-electron chi connectivity index (χ4n) is 4.03. The first-order valence-corrected chi connectivity index (χ1v) is 10.0. The Morgan fingerprint density at radius 3 is 2.54 bits per heavy atom. The second-order valence-electron chi connectivity index (χ2n) is 8.14. The highest BCUT2D eigenvalue weighted by atomic mass is 16.2. The number of piperazine rings is 1. The minimum Gasteiger partial charge on any atom is -0.339 e. The first-order valence-electron chi connectivity index (χ1n) is 10.0. The molecule has 0 spiro atoms. The van der Waals surface area contributed by atoms with E-state index in [1.165, 1.54) is 11.1 Å². The molecule has 3 heterocycles. The molecule has 6 heteroatoms. The van der Waals surface area contributed by atoms with E-state index < -0.39 is 0 Å². The molecule has 28 heavy (non-hydrogen) atoms. The van der Waals surface area contributed by atoms with Crippen LogP contribution < -0.4 is 0 Å². The van der Waals surface area contributed by atoms with Crippen LogP contribution in [0.15, 0.2) is 42.6 Å². The summed E-state index contributed by atoms with van der Waals surface area (Å²) in [5, 5.41) is 8.89. The Balaban J connectivity index is 1.45. The van der Waals surface area contributed by atoms with Crippen molar-refractivity contribution in [3.63, 3.8) is 0 Å². The maximum Gasteiger partial charge on any atom is 0.225 e. The van der Waals surface area contributed by atoms with Gasteiger partial charge in [-0.05, 0) is 38.4 Å². The molecule has 3 aromatic rings. The van der Waals surface area contributed by atoms with E-state index >= 15 is 0 Å². The molecule has 1 aliphatic carbocycles. The third-order valence-corrected chi connectivity index (χ3v) is 6.03. The largest absolute Gasteiger partial charge is 0.339 e. The third kappa shape index (κ3) is 3.07. The van der Waals surface area contributed by atoms with E-state index in [2.05, 4.69) is 65.6 Å². The standard InChI is InChI=1S/C22H25N5O/c1-15-3-5-16(6-4-15)18-9-10-19-21(23-24-27(19)13-18)20-14-26(12-11-25(20)2)22(28)17-7-8-17/h3-6,9-10,13,17,20H,7-8,11-12,14H2,1-2H3. The normalized spacial score (nSPS) is 20.6. The summed E-state index contributed by atoms with van der Waals surface area (Å²) in [6, 6.07) is 12.8. The number of hydrogen-bond donors (Lipinski definition) is 0. The van der Waals surface area contributed by atoms with E-state index in [0.29, 0.717) is 12.5 Å². The molecule has 6 nitrogen and oxygen atoms in total. The zero-order valence-electron chi connectivity index (χ0n) is 16.4. The zero-order chi connectivity index (χ0) is 19.3. The van der Waals surface area contributed by atoms with E-state index in [0.717, 1.165) is 42.7 Å². The van der Waals surface area contributed by atoms with Crippen LogP contribution in [0.5, 0.6) is 0 Å². The van der Waals surface area contributed by atoms with Gasteiger partial charge in [-0.3, -0.25) is 9.69 Å². The maximum absolute atomic E-state index is 12.5. The Kier molecular flexibility index (Phi) is 4.16. The minimum absolute atomic E-state index is 0.0826. The summed E-state index contributed by atoms with van der Waals surface area (Å²) in [4.78, 5) is 16.8. The molecular weight excluding hydrogens is 350 g/mol. The number of hydrogen-bond acceptors (Lipinski definition) is 4. The van der Waals surface area contributed by atoms with Gasteiger partial charge >= 0.3 is 0 Å². The quantitative estimate of drug-likeness (QED) is 0.706. The summed E-state index contributed by atoms with van der Waals surface area (Å²) in [5.74, 6) is 0.578. The number of aryl methyl sites for hydroxylation is 1. The van der Waals surface area contributed by atoms with Crippen LogP contribution in [0.3, 0.4) is 0 Å². The topological polar surface area (TPSA) is 53.7 Å². The van der Waals surface area contributed by atoms with Crippen molar-refractivity contribution in [2.45, 2.75) is 25.8 Å². The van der Waals surface area contributed by atoms with Crippen molar-refractivity contribution in [2.75, 3.05) is 26.7 Å². The van der Waals surface area contributed by atoms with Crippen LogP contribution in [0.25, 0.3) is 16.6 Å². The lowest BCUT2D eigenvalue weighted by Gasteiger charge is -2.38. The van der Waals surface area contributed by atoms with Crippen molar-refractivity contribution in [2.24, 2.45) is 5.92 Å². The highest BCUT2D eigenvalue weighted by Gasteiger charge is 2.37. The fraction of sp³-hybridized carbons (Fsp3) is 0.409. The Bertz CT molecular complexity index is 1020. The number of carbonyl (C=O) groups excluding carboxylic acids is 1. The molecule has 1 amide bonds. The van der Waals surface area contributed by atoms with Crippen molar-refractivity contribution in [1.82, 2.24) is 24.6 Å². The molecule has 0 N–H and O–H groups in total. The number of likely N-dealkylation sites (N-methyl/N-ethyl adjacent to an activating group) is 1. The molecule has 1 saturated carbocycles. The van der Waals surface area contributed by atoms with Crippen LogP contribution in [0.4, 0.5) is 0 Å². The molecule has 0 bridgehead atoms. The summed E-state index contributed by atoms with van der Waals surface area (Å²) in [7, 11) is 2.11. The molecule has 1 aliphatic heterocycles. The Morgan fingerprint density at radius 1 is 1.04 bits per heavy atom. The second-order valence-corrected chi connectivity index (χ2v) is 8.14. The van der Waals surface area contributed by atoms with Crippen LogP contribution in [-0.2, 0) is 4.79 Å². The number of rotatable bonds is 3. The SMILES string of the molecule is Cc1ccc(-c2ccc3c(C4CN(C(=O)C5CC5)CCN4C)nnn3c2)cc1. The summed E-state index contributed by atoms with van der Waals surface area (Å²) in [5.41, 5.74) is 5.49. The molecule has 1 atom stereocenters. The van der Waals surface area contributed by atoms with Gasteiger partial charge in [-0.1, -0.05) is 41.1 Å². The molecule has 0 radical (unpaired) electrons. The molecule has 1 unspecified atom stereocenters. The lowest BCUT2D eigenvalue weighted by atomic mass is 10.0. The average Bonchev–Trinajstić information content (AvgIpc) is 3.48. The number of nitrogens with zero attached hydrogens (tertiary/aromatic N) is 5. The van der Waals surface area contributed by atoms with Crippen LogP contribution in [-0.4, -0.2) is 57.2 Å². The highest BCUT2D eigenvalue weighted by molar-refractivity contribution is 5.81. The second kappa shape index (κ2) is 6.71. The lowest BCUT2D eigenvalue weighted by molar-refractivity contribution is -0.135. The van der Waals surface area contributed by atoms with Crippen molar-refractivity contribution < 1.29 is 4.79 Å². The predicted molar refractivity (Wildman–Crippen MR) is 108 cm³/mol. The summed E-state index contributed by atoms with van der Waals surface area (Å²) in [6.45, 7) is 4.46. The molecule has 2 fully saturated rings. The average molecular weight is 375 g/mol. The smallest absolute Gasteiger partial charge is 0.225 e. The van der Waals surface area contributed by atoms with Crippen molar-refractivity contribution in [1.29, 1.82) is 0 Å². The molecule has 2 aromatic heterocycles. The predicted octanol–water partition coefficient (Wildman–Crippen LogP) is 2.93. The number of carbonyl (C=O) groups is 1. The summed E-state index contributed by atoms with van der Waals surface area (Å²) >= 11 is 0. The number of amides is 1. The number of fused-ring (bicyclic) bond motifs is 1. The summed E-state index contributed by atoms with van der Waals surface area (Å²) < 4.78 is 1.86. The molecular formula is C22H25N5O. The molecule has 5 rings (SSSR count). The Morgan fingerprint density at radius 2 is 1.79 bits per heavy atom. The lowest BCUT2D eigenvalue weighted by Crippen LogP contribution is -2.49. The highest BCUT2D eigenvalue weighted by Crippen LogP contribution is 2.34. The maximum atomic E-state index is 12.5.